The van der Waals surface area contributed by atoms with Crippen LogP contribution in [-0.2, 0) is 52.1 Å². The highest BCUT2D eigenvalue weighted by molar-refractivity contribution is 4.53. The highest BCUT2D eigenvalue weighted by atomic mass is 16.7. The minimum Gasteiger partial charge on any atom is -0.499 e. The quantitative estimate of drug-likeness (QED) is 0.106. The maximum absolute atomic E-state index is 5.60. The minimum absolute atomic E-state index is 0.0608. The van der Waals surface area contributed by atoms with E-state index in [4.69, 9.17) is 52.1 Å². The Morgan fingerprint density at radius 3 is 1.19 bits per heavy atom. The summed E-state index contributed by atoms with van der Waals surface area (Å²) in [6.07, 6.45) is 4.60. The molecule has 1 unspecified atom stereocenters. The van der Waals surface area contributed by atoms with Gasteiger partial charge in [-0.05, 0) is 19.3 Å². The maximum Gasteiger partial charge on any atom is 0.157 e. The van der Waals surface area contributed by atoms with Crippen molar-refractivity contribution < 1.29 is 52.1 Å². The molecule has 0 aromatic carbocycles. The van der Waals surface area contributed by atoms with Crippen LogP contribution in [0.2, 0.25) is 0 Å². The molecular formula is C25H48O11. The largest absolute Gasteiger partial charge is 0.499 e. The minimum atomic E-state index is -0.0608. The summed E-state index contributed by atoms with van der Waals surface area (Å²) in [6.45, 7) is 13.8. The Hall–Kier alpha value is -0.860. The lowest BCUT2D eigenvalue weighted by Gasteiger charge is -2.22. The van der Waals surface area contributed by atoms with E-state index in [1.165, 1.54) is 12.7 Å². The van der Waals surface area contributed by atoms with Gasteiger partial charge in [-0.1, -0.05) is 6.58 Å². The zero-order valence-corrected chi connectivity index (χ0v) is 21.9. The van der Waals surface area contributed by atoms with Crippen LogP contribution in [0.15, 0.2) is 12.8 Å². The van der Waals surface area contributed by atoms with Gasteiger partial charge in [-0.2, -0.15) is 0 Å². The molecule has 1 atom stereocenters. The summed E-state index contributed by atoms with van der Waals surface area (Å²) >= 11 is 0. The second-order valence-electron chi connectivity index (χ2n) is 7.60. The van der Waals surface area contributed by atoms with E-state index >= 15 is 0 Å². The van der Waals surface area contributed by atoms with Crippen molar-refractivity contribution in [3.05, 3.63) is 12.8 Å². The Kier molecular flexibility index (Phi) is 26.4. The number of ether oxygens (including phenoxy) is 11. The summed E-state index contributed by atoms with van der Waals surface area (Å²) in [5, 5.41) is 0. The number of hydrogen-bond donors (Lipinski definition) is 0. The normalized spacial score (nSPS) is 15.8. The maximum atomic E-state index is 5.60. The molecule has 0 amide bonds. The van der Waals surface area contributed by atoms with E-state index in [0.717, 1.165) is 19.4 Å². The van der Waals surface area contributed by atoms with Crippen molar-refractivity contribution in [2.24, 2.45) is 0 Å². The summed E-state index contributed by atoms with van der Waals surface area (Å²) in [7, 11) is 0. The predicted octanol–water partition coefficient (Wildman–Crippen LogP) is 1.82. The zero-order chi connectivity index (χ0) is 25.6. The molecule has 0 aromatic heterocycles. The van der Waals surface area contributed by atoms with Crippen LogP contribution in [0, 0.1) is 0 Å². The van der Waals surface area contributed by atoms with Gasteiger partial charge in [0.2, 0.25) is 0 Å². The Morgan fingerprint density at radius 1 is 0.500 bits per heavy atom. The molecule has 0 N–H and O–H groups in total. The van der Waals surface area contributed by atoms with E-state index in [9.17, 15) is 0 Å². The molecule has 214 valence electrons. The van der Waals surface area contributed by atoms with Crippen molar-refractivity contribution in [3.63, 3.8) is 0 Å². The van der Waals surface area contributed by atoms with Crippen molar-refractivity contribution in [2.45, 2.75) is 25.6 Å². The molecular weight excluding hydrogens is 476 g/mol. The molecule has 1 rings (SSSR count). The molecule has 1 aliphatic rings. The molecule has 1 saturated heterocycles. The molecule has 0 saturated carbocycles. The van der Waals surface area contributed by atoms with Crippen LogP contribution in [-0.4, -0.2) is 132 Å². The summed E-state index contributed by atoms with van der Waals surface area (Å²) < 4.78 is 59.4. The molecule has 1 aliphatic heterocycles. The Labute approximate surface area is 216 Å². The molecule has 11 nitrogen and oxygen atoms in total. The predicted molar refractivity (Wildman–Crippen MR) is 132 cm³/mol. The van der Waals surface area contributed by atoms with E-state index < -0.39 is 0 Å². The fraction of sp³-hybridized carbons (Fsp3) is 0.920. The average molecular weight is 525 g/mol. The highest BCUT2D eigenvalue weighted by Crippen LogP contribution is 2.13. The first kappa shape index (κ1) is 33.2. The third-order valence-corrected chi connectivity index (χ3v) is 4.74. The molecule has 0 aliphatic carbocycles. The van der Waals surface area contributed by atoms with Gasteiger partial charge in [0.1, 0.15) is 6.61 Å². The van der Waals surface area contributed by atoms with Crippen molar-refractivity contribution in [3.8, 4) is 0 Å². The molecule has 0 bridgehead atoms. The van der Waals surface area contributed by atoms with Crippen LogP contribution in [0.3, 0.4) is 0 Å². The van der Waals surface area contributed by atoms with E-state index in [2.05, 4.69) is 6.58 Å². The molecule has 1 heterocycles. The van der Waals surface area contributed by atoms with Gasteiger partial charge in [0.15, 0.2) is 6.29 Å². The molecule has 0 spiro atoms. The third-order valence-electron chi connectivity index (χ3n) is 4.74. The smallest absolute Gasteiger partial charge is 0.157 e. The first-order valence-corrected chi connectivity index (χ1v) is 13.0. The lowest BCUT2D eigenvalue weighted by molar-refractivity contribution is -0.169. The summed E-state index contributed by atoms with van der Waals surface area (Å²) in [5.74, 6) is 0. The molecule has 1 fully saturated rings. The molecule has 0 radical (unpaired) electrons. The first-order valence-electron chi connectivity index (χ1n) is 13.0. The number of rotatable bonds is 29. The average Bonchev–Trinajstić information content (AvgIpc) is 2.91. The molecule has 0 aromatic rings. The Bertz CT molecular complexity index is 436. The lowest BCUT2D eigenvalue weighted by Crippen LogP contribution is -2.24. The van der Waals surface area contributed by atoms with Gasteiger partial charge >= 0.3 is 0 Å². The van der Waals surface area contributed by atoms with Crippen LogP contribution in [0.5, 0.6) is 0 Å². The first-order chi connectivity index (χ1) is 17.9. The van der Waals surface area contributed by atoms with Crippen molar-refractivity contribution in [2.75, 3.05) is 126 Å². The fourth-order valence-electron chi connectivity index (χ4n) is 2.91. The monoisotopic (exact) mass is 524 g/mol. The van der Waals surface area contributed by atoms with Crippen molar-refractivity contribution in [1.29, 1.82) is 0 Å². The van der Waals surface area contributed by atoms with Crippen LogP contribution in [0.1, 0.15) is 19.3 Å². The van der Waals surface area contributed by atoms with Gasteiger partial charge in [0.05, 0.1) is 119 Å². The molecule has 36 heavy (non-hydrogen) atoms. The van der Waals surface area contributed by atoms with Gasteiger partial charge in [-0.3, -0.25) is 0 Å². The van der Waals surface area contributed by atoms with Crippen molar-refractivity contribution >= 4 is 0 Å². The van der Waals surface area contributed by atoms with Crippen LogP contribution < -0.4 is 0 Å². The topological polar surface area (TPSA) is 102 Å². The summed E-state index contributed by atoms with van der Waals surface area (Å²) in [5.41, 5.74) is 0. The summed E-state index contributed by atoms with van der Waals surface area (Å²) in [6, 6.07) is 0. The SMILES string of the molecule is C=COCCOCCOCCOCCOCCOCCOCCOCCOCCOC1CCCCO1. The number of hydrogen-bond acceptors (Lipinski definition) is 11. The van der Waals surface area contributed by atoms with Gasteiger partial charge < -0.3 is 52.1 Å². The Morgan fingerprint density at radius 2 is 0.861 bits per heavy atom. The second kappa shape index (κ2) is 28.7. The zero-order valence-electron chi connectivity index (χ0n) is 21.9. The van der Waals surface area contributed by atoms with Gasteiger partial charge in [-0.25, -0.2) is 0 Å². The van der Waals surface area contributed by atoms with E-state index in [-0.39, 0.29) is 6.29 Å². The van der Waals surface area contributed by atoms with Crippen LogP contribution >= 0.6 is 0 Å². The van der Waals surface area contributed by atoms with E-state index in [1.807, 2.05) is 0 Å². The standard InChI is InChI=1S/C25H48O11/c1-2-26-7-8-27-9-10-28-11-12-29-13-14-30-15-16-31-17-18-32-19-20-33-21-22-34-23-24-36-25-5-3-4-6-35-25/h2,25H,1,3-24H2. The highest BCUT2D eigenvalue weighted by Gasteiger charge is 2.13. The van der Waals surface area contributed by atoms with Gasteiger partial charge in [0.25, 0.3) is 0 Å². The van der Waals surface area contributed by atoms with Gasteiger partial charge in [-0.15, -0.1) is 0 Å². The van der Waals surface area contributed by atoms with Crippen LogP contribution in [0.25, 0.3) is 0 Å². The lowest BCUT2D eigenvalue weighted by atomic mass is 10.2. The summed E-state index contributed by atoms with van der Waals surface area (Å²) in [4.78, 5) is 0. The van der Waals surface area contributed by atoms with Crippen LogP contribution in [0.4, 0.5) is 0 Å². The second-order valence-corrected chi connectivity index (χ2v) is 7.60. The van der Waals surface area contributed by atoms with E-state index in [1.54, 1.807) is 0 Å². The van der Waals surface area contributed by atoms with Gasteiger partial charge in [0, 0.05) is 6.61 Å². The van der Waals surface area contributed by atoms with E-state index in [0.29, 0.717) is 119 Å². The third kappa shape index (κ3) is 24.8. The fourth-order valence-corrected chi connectivity index (χ4v) is 2.91. The molecule has 11 heteroatoms. The van der Waals surface area contributed by atoms with Crippen molar-refractivity contribution in [1.82, 2.24) is 0 Å². The Balaban J connectivity index is 1.61.